The molecule has 0 saturated carbocycles. The Morgan fingerprint density at radius 1 is 0.750 bits per heavy atom. The molecular weight excluding hydrogens is 318 g/mol. The normalized spacial score (nSPS) is 11.2. The minimum atomic E-state index is -3.62. The SMILES string of the molecule is Cc1cccc(-c2cc(C)ccc2NS(=O)(=O)c2ccccc2)c1. The standard InChI is InChI=1S/C20H19NO2S/c1-15-7-6-8-17(13-15)19-14-16(2)11-12-20(19)21-24(22,23)18-9-4-3-5-10-18/h3-14,21H,1-2H3. The molecule has 0 aromatic heterocycles. The molecule has 3 aromatic carbocycles. The van der Waals surface area contributed by atoms with E-state index in [1.54, 1.807) is 30.3 Å². The van der Waals surface area contributed by atoms with Crippen LogP contribution in [0.2, 0.25) is 0 Å². The van der Waals surface area contributed by atoms with Crippen molar-refractivity contribution < 1.29 is 8.42 Å². The first-order chi connectivity index (χ1) is 11.5. The van der Waals surface area contributed by atoms with Crippen molar-refractivity contribution in [1.29, 1.82) is 0 Å². The fraction of sp³-hybridized carbons (Fsp3) is 0.100. The van der Waals surface area contributed by atoms with Gasteiger partial charge < -0.3 is 0 Å². The van der Waals surface area contributed by atoms with Crippen LogP contribution in [0, 0.1) is 13.8 Å². The number of sulfonamides is 1. The summed E-state index contributed by atoms with van der Waals surface area (Å²) in [7, 11) is -3.62. The molecule has 0 spiro atoms. The highest BCUT2D eigenvalue weighted by molar-refractivity contribution is 7.92. The molecule has 0 aliphatic heterocycles. The van der Waals surface area contributed by atoms with Gasteiger partial charge >= 0.3 is 0 Å². The van der Waals surface area contributed by atoms with Crippen molar-refractivity contribution in [1.82, 2.24) is 0 Å². The third kappa shape index (κ3) is 3.49. The second kappa shape index (κ2) is 6.49. The Kier molecular flexibility index (Phi) is 4.40. The molecule has 0 aliphatic carbocycles. The molecule has 3 nitrogen and oxygen atoms in total. The van der Waals surface area contributed by atoms with Crippen LogP contribution in [0.4, 0.5) is 5.69 Å². The Hall–Kier alpha value is -2.59. The van der Waals surface area contributed by atoms with Gasteiger partial charge in [0, 0.05) is 5.56 Å². The number of nitrogens with one attached hydrogen (secondary N) is 1. The molecule has 24 heavy (non-hydrogen) atoms. The summed E-state index contributed by atoms with van der Waals surface area (Å²) >= 11 is 0. The van der Waals surface area contributed by atoms with Gasteiger partial charge in [-0.2, -0.15) is 0 Å². The number of hydrogen-bond donors (Lipinski definition) is 1. The highest BCUT2D eigenvalue weighted by Crippen LogP contribution is 2.31. The van der Waals surface area contributed by atoms with Crippen molar-refractivity contribution in [2.45, 2.75) is 18.7 Å². The molecule has 4 heteroatoms. The predicted octanol–water partition coefficient (Wildman–Crippen LogP) is 4.77. The van der Waals surface area contributed by atoms with Gasteiger partial charge in [-0.3, -0.25) is 4.72 Å². The zero-order valence-corrected chi connectivity index (χ0v) is 14.5. The van der Waals surface area contributed by atoms with Crippen LogP contribution < -0.4 is 4.72 Å². The number of rotatable bonds is 4. The first-order valence-corrected chi connectivity index (χ1v) is 9.19. The second-order valence-corrected chi connectivity index (χ2v) is 7.52. The molecule has 0 unspecified atom stereocenters. The lowest BCUT2D eigenvalue weighted by atomic mass is 10.00. The van der Waals surface area contributed by atoms with E-state index in [2.05, 4.69) is 10.8 Å². The third-order valence-corrected chi connectivity index (χ3v) is 5.18. The number of hydrogen-bond acceptors (Lipinski definition) is 2. The summed E-state index contributed by atoms with van der Waals surface area (Å²) in [4.78, 5) is 0.251. The highest BCUT2D eigenvalue weighted by Gasteiger charge is 2.16. The van der Waals surface area contributed by atoms with Gasteiger partial charge in [-0.1, -0.05) is 59.7 Å². The minimum Gasteiger partial charge on any atom is -0.279 e. The van der Waals surface area contributed by atoms with Gasteiger partial charge in [-0.25, -0.2) is 8.42 Å². The Balaban J connectivity index is 2.06. The maximum absolute atomic E-state index is 12.6. The van der Waals surface area contributed by atoms with Crippen LogP contribution in [0.3, 0.4) is 0 Å². The summed E-state index contributed by atoms with van der Waals surface area (Å²) in [5.74, 6) is 0. The van der Waals surface area contributed by atoms with Gasteiger partial charge in [0.2, 0.25) is 0 Å². The van der Waals surface area contributed by atoms with Gasteiger partial charge in [0.15, 0.2) is 0 Å². The molecule has 1 N–H and O–H groups in total. The Morgan fingerprint density at radius 2 is 1.46 bits per heavy atom. The molecule has 122 valence electrons. The summed E-state index contributed by atoms with van der Waals surface area (Å²) in [6, 6.07) is 22.1. The van der Waals surface area contributed by atoms with Gasteiger partial charge in [0.25, 0.3) is 10.0 Å². The Labute approximate surface area is 143 Å². The van der Waals surface area contributed by atoms with E-state index >= 15 is 0 Å². The van der Waals surface area contributed by atoms with Crippen molar-refractivity contribution in [3.05, 3.63) is 83.9 Å². The quantitative estimate of drug-likeness (QED) is 0.745. The van der Waals surface area contributed by atoms with Crippen LogP contribution in [0.1, 0.15) is 11.1 Å². The third-order valence-electron chi connectivity index (χ3n) is 3.80. The van der Waals surface area contributed by atoms with E-state index in [4.69, 9.17) is 0 Å². The molecule has 0 fully saturated rings. The largest absolute Gasteiger partial charge is 0.279 e. The smallest absolute Gasteiger partial charge is 0.261 e. The molecule has 0 aliphatic rings. The van der Waals surface area contributed by atoms with Crippen molar-refractivity contribution in [3.63, 3.8) is 0 Å². The summed E-state index contributed by atoms with van der Waals surface area (Å²) < 4.78 is 28.0. The number of benzene rings is 3. The summed E-state index contributed by atoms with van der Waals surface area (Å²) in [5.41, 5.74) is 4.65. The molecule has 0 atom stereocenters. The van der Waals surface area contributed by atoms with Crippen LogP contribution in [0.5, 0.6) is 0 Å². The summed E-state index contributed by atoms with van der Waals surface area (Å²) in [5, 5.41) is 0. The van der Waals surface area contributed by atoms with E-state index in [1.807, 2.05) is 50.2 Å². The monoisotopic (exact) mass is 337 g/mol. The van der Waals surface area contributed by atoms with Gasteiger partial charge in [0.1, 0.15) is 0 Å². The Bertz CT molecular complexity index is 964. The minimum absolute atomic E-state index is 0.251. The van der Waals surface area contributed by atoms with Crippen molar-refractivity contribution >= 4 is 15.7 Å². The van der Waals surface area contributed by atoms with Crippen LogP contribution >= 0.6 is 0 Å². The van der Waals surface area contributed by atoms with Crippen LogP contribution in [0.15, 0.2) is 77.7 Å². The average molecular weight is 337 g/mol. The molecule has 3 aromatic rings. The zero-order chi connectivity index (χ0) is 17.2. The van der Waals surface area contributed by atoms with Crippen molar-refractivity contribution in [2.75, 3.05) is 4.72 Å². The lowest BCUT2D eigenvalue weighted by Crippen LogP contribution is -2.13. The zero-order valence-electron chi connectivity index (χ0n) is 13.7. The highest BCUT2D eigenvalue weighted by atomic mass is 32.2. The van der Waals surface area contributed by atoms with E-state index in [0.717, 1.165) is 22.3 Å². The average Bonchev–Trinajstić information content (AvgIpc) is 2.57. The lowest BCUT2D eigenvalue weighted by molar-refractivity contribution is 0.601. The first kappa shape index (κ1) is 16.3. The van der Waals surface area contributed by atoms with E-state index in [-0.39, 0.29) is 4.90 Å². The van der Waals surface area contributed by atoms with E-state index in [1.165, 1.54) is 0 Å². The summed E-state index contributed by atoms with van der Waals surface area (Å²) in [6.45, 7) is 4.02. The lowest BCUT2D eigenvalue weighted by Gasteiger charge is -2.14. The van der Waals surface area contributed by atoms with Gasteiger partial charge in [-0.05, 0) is 43.7 Å². The molecule has 3 rings (SSSR count). The van der Waals surface area contributed by atoms with Gasteiger partial charge in [-0.15, -0.1) is 0 Å². The first-order valence-electron chi connectivity index (χ1n) is 7.71. The fourth-order valence-corrected chi connectivity index (χ4v) is 3.70. The number of anilines is 1. The molecule has 0 amide bonds. The van der Waals surface area contributed by atoms with Crippen LogP contribution in [-0.2, 0) is 10.0 Å². The molecule has 0 saturated heterocycles. The maximum Gasteiger partial charge on any atom is 0.261 e. The fourth-order valence-electron chi connectivity index (χ4n) is 2.60. The van der Waals surface area contributed by atoms with Gasteiger partial charge in [0.05, 0.1) is 10.6 Å². The molecule has 0 heterocycles. The molecule has 0 radical (unpaired) electrons. The van der Waals surface area contributed by atoms with E-state index in [0.29, 0.717) is 5.69 Å². The number of aryl methyl sites for hydroxylation is 2. The second-order valence-electron chi connectivity index (χ2n) is 5.84. The molecular formula is C20H19NO2S. The maximum atomic E-state index is 12.6. The summed E-state index contributed by atoms with van der Waals surface area (Å²) in [6.07, 6.45) is 0. The molecule has 0 bridgehead atoms. The Morgan fingerprint density at radius 3 is 2.17 bits per heavy atom. The van der Waals surface area contributed by atoms with Crippen molar-refractivity contribution in [2.24, 2.45) is 0 Å². The van der Waals surface area contributed by atoms with Crippen molar-refractivity contribution in [3.8, 4) is 11.1 Å². The van der Waals surface area contributed by atoms with Crippen LogP contribution in [0.25, 0.3) is 11.1 Å². The topological polar surface area (TPSA) is 46.2 Å². The van der Waals surface area contributed by atoms with E-state index in [9.17, 15) is 8.42 Å². The van der Waals surface area contributed by atoms with E-state index < -0.39 is 10.0 Å². The predicted molar refractivity (Wildman–Crippen MR) is 98.6 cm³/mol. The van der Waals surface area contributed by atoms with Crippen LogP contribution in [-0.4, -0.2) is 8.42 Å².